The van der Waals surface area contributed by atoms with Crippen molar-refractivity contribution in [2.45, 2.75) is 32.7 Å². The molecule has 0 bridgehead atoms. The second kappa shape index (κ2) is 7.23. The number of phenols is 2. The number of H-pyrrole nitrogens is 1. The fraction of sp³-hybridized carbons (Fsp3) is 0.412. The number of hydrogen-bond acceptors (Lipinski definition) is 8. The summed E-state index contributed by atoms with van der Waals surface area (Å²) in [6.07, 6.45) is 0. The summed E-state index contributed by atoms with van der Waals surface area (Å²) in [5.41, 5.74) is 2.44. The van der Waals surface area contributed by atoms with Gasteiger partial charge in [0.1, 0.15) is 5.52 Å². The highest BCUT2D eigenvalue weighted by molar-refractivity contribution is 5.72. The van der Waals surface area contributed by atoms with Crippen molar-refractivity contribution in [2.75, 3.05) is 12.4 Å². The summed E-state index contributed by atoms with van der Waals surface area (Å²) in [6.45, 7) is 5.65. The highest BCUT2D eigenvalue weighted by atomic mass is 16.3. The van der Waals surface area contributed by atoms with Crippen LogP contribution in [0.3, 0.4) is 0 Å². The molecule has 6 N–H and O–H groups in total. The van der Waals surface area contributed by atoms with Crippen molar-refractivity contribution in [2.24, 2.45) is 10.9 Å². The van der Waals surface area contributed by atoms with Crippen LogP contribution < -0.4 is 11.5 Å². The number of hydrogen-bond donors (Lipinski definition) is 5. The molecule has 0 spiro atoms. The Hall–Kier alpha value is -3.14. The van der Waals surface area contributed by atoms with Gasteiger partial charge in [-0.2, -0.15) is 4.98 Å². The van der Waals surface area contributed by atoms with E-state index in [0.29, 0.717) is 16.9 Å². The summed E-state index contributed by atoms with van der Waals surface area (Å²) in [5, 5.41) is 39.5. The van der Waals surface area contributed by atoms with Gasteiger partial charge in [-0.3, -0.25) is 5.10 Å². The van der Waals surface area contributed by atoms with E-state index in [1.165, 1.54) is 16.8 Å². The van der Waals surface area contributed by atoms with Crippen LogP contribution >= 0.6 is 0 Å². The van der Waals surface area contributed by atoms with Crippen molar-refractivity contribution >= 4 is 11.2 Å². The molecule has 1 aromatic carbocycles. The van der Waals surface area contributed by atoms with Gasteiger partial charge in [0.05, 0.1) is 18.3 Å². The van der Waals surface area contributed by atoms with Gasteiger partial charge in [0, 0.05) is 5.92 Å². The second-order valence-corrected chi connectivity index (χ2v) is 6.77. The van der Waals surface area contributed by atoms with Crippen molar-refractivity contribution in [1.29, 1.82) is 0 Å². The van der Waals surface area contributed by atoms with Gasteiger partial charge in [-0.25, -0.2) is 9.67 Å². The molecule has 0 aliphatic rings. The number of aromatic amines is 1. The van der Waals surface area contributed by atoms with Gasteiger partial charge in [0.25, 0.3) is 0 Å². The number of rotatable bonds is 5. The first-order valence-electron chi connectivity index (χ1n) is 8.58. The minimum atomic E-state index is -0.363. The number of nitrogens with zero attached hydrogens (tertiary/aromatic N) is 5. The van der Waals surface area contributed by atoms with Crippen LogP contribution in [0, 0.1) is 5.92 Å². The summed E-state index contributed by atoms with van der Waals surface area (Å²) in [4.78, 5) is 8.82. The largest absolute Gasteiger partial charge is 0.504 e. The van der Waals surface area contributed by atoms with Crippen molar-refractivity contribution in [1.82, 2.24) is 25.1 Å². The summed E-state index contributed by atoms with van der Waals surface area (Å²) in [6, 6.07) is 4.21. The molecule has 0 radical (unpaired) electrons. The molecule has 10 heteroatoms. The number of nitrogens with two attached hydrogens (primary N) is 1. The van der Waals surface area contributed by atoms with E-state index in [2.05, 4.69) is 25.4 Å². The van der Waals surface area contributed by atoms with Crippen molar-refractivity contribution < 1.29 is 15.3 Å². The van der Waals surface area contributed by atoms with Crippen LogP contribution in [-0.2, 0) is 0 Å². The minimum absolute atomic E-state index is 0.0970. The fourth-order valence-electron chi connectivity index (χ4n) is 2.88. The molecule has 27 heavy (non-hydrogen) atoms. The normalized spacial score (nSPS) is 14.8. The number of nitrogen functional groups attached to an aromatic ring is 1. The molecule has 0 saturated heterocycles. The van der Waals surface area contributed by atoms with E-state index in [9.17, 15) is 15.3 Å². The summed E-state index contributed by atoms with van der Waals surface area (Å²) in [5.74, 6) is 5.69. The number of phenolic OH excluding ortho intramolecular Hbond substituents is 2. The molecule has 0 saturated carbocycles. The molecule has 10 nitrogen and oxygen atoms in total. The third-order valence-electron chi connectivity index (χ3n) is 4.61. The van der Waals surface area contributed by atoms with E-state index in [1.807, 2.05) is 20.8 Å². The molecular formula is C17H23N7O3. The van der Waals surface area contributed by atoms with E-state index >= 15 is 0 Å². The lowest BCUT2D eigenvalue weighted by Gasteiger charge is -2.18. The molecule has 144 valence electrons. The molecule has 2 aromatic heterocycles. The smallest absolute Gasteiger partial charge is 0.246 e. The van der Waals surface area contributed by atoms with E-state index in [1.54, 1.807) is 6.07 Å². The third kappa shape index (κ3) is 3.43. The average molecular weight is 373 g/mol. The molecule has 3 aromatic rings. The van der Waals surface area contributed by atoms with Crippen molar-refractivity contribution in [3.63, 3.8) is 0 Å². The summed E-state index contributed by atoms with van der Waals surface area (Å²) in [7, 11) is 0. The number of aromatic nitrogens is 5. The maximum atomic E-state index is 9.83. The third-order valence-corrected chi connectivity index (χ3v) is 4.61. The van der Waals surface area contributed by atoms with E-state index in [0.717, 1.165) is 5.56 Å². The molecular weight excluding hydrogens is 350 g/mol. The van der Waals surface area contributed by atoms with Crippen molar-refractivity contribution in [3.05, 3.63) is 35.1 Å². The van der Waals surface area contributed by atoms with Gasteiger partial charge in [0.15, 0.2) is 11.5 Å². The number of aliphatic hydroxyl groups excluding tert-OH is 1. The number of benzene rings is 1. The van der Waals surface area contributed by atoms with Crippen LogP contribution in [0.5, 0.6) is 11.5 Å². The first kappa shape index (κ1) is 18.6. The molecule has 0 aliphatic carbocycles. The van der Waals surface area contributed by atoms with E-state index in [4.69, 9.17) is 5.84 Å². The highest BCUT2D eigenvalue weighted by Gasteiger charge is 2.21. The highest BCUT2D eigenvalue weighted by Crippen LogP contribution is 2.32. The Morgan fingerprint density at radius 3 is 2.59 bits per heavy atom. The molecule has 2 atom stereocenters. The van der Waals surface area contributed by atoms with Gasteiger partial charge < -0.3 is 21.2 Å². The molecule has 0 amide bonds. The topological polar surface area (TPSA) is 158 Å². The summed E-state index contributed by atoms with van der Waals surface area (Å²) >= 11 is 0. The Morgan fingerprint density at radius 2 is 1.96 bits per heavy atom. The number of nitrogens with one attached hydrogen (secondary N) is 1. The van der Waals surface area contributed by atoms with Crippen molar-refractivity contribution in [3.8, 4) is 11.5 Å². The zero-order valence-corrected chi connectivity index (χ0v) is 15.3. The zero-order valence-electron chi connectivity index (χ0n) is 15.3. The SMILES string of the molecule is CC(c1ccc(O)c(O)c1)c1c2[nH]nnc2nc(=N[C@@H](CO)C(C)C)n1N. The number of aromatic hydroxyl groups is 2. The van der Waals surface area contributed by atoms with Crippen LogP contribution in [0.2, 0.25) is 0 Å². The van der Waals surface area contributed by atoms with Gasteiger partial charge in [-0.15, -0.1) is 5.10 Å². The molecule has 3 rings (SSSR count). The number of fused-ring (bicyclic) bond motifs is 1. The van der Waals surface area contributed by atoms with Crippen LogP contribution in [0.4, 0.5) is 0 Å². The molecule has 0 aliphatic heterocycles. The lowest BCUT2D eigenvalue weighted by atomic mass is 9.96. The quantitative estimate of drug-likeness (QED) is 0.319. The van der Waals surface area contributed by atoms with Crippen LogP contribution in [0.25, 0.3) is 11.2 Å². The molecule has 1 unspecified atom stereocenters. The predicted octanol–water partition coefficient (Wildman–Crippen LogP) is 0.349. The first-order chi connectivity index (χ1) is 12.8. The Labute approximate surface area is 155 Å². The number of aliphatic hydroxyl groups is 1. The van der Waals surface area contributed by atoms with E-state index < -0.39 is 0 Å². The van der Waals surface area contributed by atoms with Crippen LogP contribution in [0.15, 0.2) is 23.2 Å². The van der Waals surface area contributed by atoms with Gasteiger partial charge >= 0.3 is 0 Å². The molecule has 0 fully saturated rings. The standard InChI is InChI=1S/C17H23N7O3/c1-8(2)11(7-25)19-17-20-16-14(21-23-22-16)15(24(17)18)9(3)10-4-5-12(26)13(27)6-10/h4-6,8-9,11,25-27H,7,18H2,1-3H3,(H,19,20,21,22)/t9?,11-/m0/s1. The minimum Gasteiger partial charge on any atom is -0.504 e. The average Bonchev–Trinajstić information content (AvgIpc) is 3.09. The maximum Gasteiger partial charge on any atom is 0.246 e. The second-order valence-electron chi connectivity index (χ2n) is 6.77. The fourth-order valence-corrected chi connectivity index (χ4v) is 2.88. The lowest BCUT2D eigenvalue weighted by molar-refractivity contribution is 0.236. The Kier molecular flexibility index (Phi) is 5.00. The molecule has 2 heterocycles. The first-order valence-corrected chi connectivity index (χ1v) is 8.58. The van der Waals surface area contributed by atoms with Gasteiger partial charge in [-0.1, -0.05) is 32.1 Å². The predicted molar refractivity (Wildman–Crippen MR) is 98.4 cm³/mol. The zero-order chi connectivity index (χ0) is 19.7. The Morgan fingerprint density at radius 1 is 1.22 bits per heavy atom. The maximum absolute atomic E-state index is 9.83. The Bertz CT molecular complexity index is 1030. The lowest BCUT2D eigenvalue weighted by Crippen LogP contribution is -2.37. The van der Waals surface area contributed by atoms with E-state index in [-0.39, 0.29) is 41.6 Å². The summed E-state index contributed by atoms with van der Waals surface area (Å²) < 4.78 is 1.34. The van der Waals surface area contributed by atoms with Gasteiger partial charge in [-0.05, 0) is 23.6 Å². The monoisotopic (exact) mass is 373 g/mol. The van der Waals surface area contributed by atoms with Crippen LogP contribution in [-0.4, -0.2) is 53.0 Å². The van der Waals surface area contributed by atoms with Gasteiger partial charge in [0.2, 0.25) is 11.3 Å². The Balaban J connectivity index is 2.22. The van der Waals surface area contributed by atoms with Crippen LogP contribution in [0.1, 0.15) is 37.9 Å².